The van der Waals surface area contributed by atoms with Gasteiger partial charge in [0, 0.05) is 17.1 Å². The van der Waals surface area contributed by atoms with E-state index in [0.29, 0.717) is 11.5 Å². The fourth-order valence-corrected chi connectivity index (χ4v) is 5.70. The Labute approximate surface area is 157 Å². The van der Waals surface area contributed by atoms with E-state index in [1.54, 1.807) is 0 Å². The van der Waals surface area contributed by atoms with Crippen LogP contribution in [-0.4, -0.2) is 36.2 Å². The molecule has 0 radical (unpaired) electrons. The second-order valence-electron chi connectivity index (χ2n) is 9.51. The number of hydrogen-bond donors (Lipinski definition) is 1. The van der Waals surface area contributed by atoms with Gasteiger partial charge in [-0.1, -0.05) is 18.9 Å². The van der Waals surface area contributed by atoms with Gasteiger partial charge in [0.15, 0.2) is 0 Å². The molecule has 0 aromatic heterocycles. The zero-order valence-electron chi connectivity index (χ0n) is 16.6. The average molecular weight is 357 g/mol. The second kappa shape index (κ2) is 6.26. The summed E-state index contributed by atoms with van der Waals surface area (Å²) in [7, 11) is 2.30. The quantitative estimate of drug-likeness (QED) is 0.791. The topological polar surface area (TPSA) is 41.6 Å². The summed E-state index contributed by atoms with van der Waals surface area (Å²) < 4.78 is 5.43. The zero-order valence-corrected chi connectivity index (χ0v) is 16.6. The number of piperidine rings is 1. The van der Waals surface area contributed by atoms with Gasteiger partial charge in [0.05, 0.1) is 0 Å². The number of rotatable bonds is 1. The van der Waals surface area contributed by atoms with Gasteiger partial charge >= 0.3 is 6.09 Å². The van der Waals surface area contributed by atoms with Crippen LogP contribution in [0.1, 0.15) is 64.0 Å². The van der Waals surface area contributed by atoms with E-state index >= 15 is 0 Å². The predicted octanol–water partition coefficient (Wildman–Crippen LogP) is 4.72. The van der Waals surface area contributed by atoms with Crippen molar-refractivity contribution in [2.75, 3.05) is 18.9 Å². The maximum absolute atomic E-state index is 12.2. The van der Waals surface area contributed by atoms with Crippen molar-refractivity contribution in [1.82, 2.24) is 4.90 Å². The monoisotopic (exact) mass is 356 g/mol. The second-order valence-corrected chi connectivity index (χ2v) is 9.51. The molecule has 0 spiro atoms. The molecule has 4 heteroatoms. The van der Waals surface area contributed by atoms with Gasteiger partial charge in [-0.25, -0.2) is 4.79 Å². The molecule has 1 aromatic carbocycles. The lowest BCUT2D eigenvalue weighted by molar-refractivity contribution is 0.00289. The van der Waals surface area contributed by atoms with Crippen LogP contribution in [0.25, 0.3) is 0 Å². The van der Waals surface area contributed by atoms with Crippen LogP contribution in [0.2, 0.25) is 0 Å². The Morgan fingerprint density at radius 2 is 2.08 bits per heavy atom. The van der Waals surface area contributed by atoms with E-state index in [0.717, 1.165) is 18.0 Å². The van der Waals surface area contributed by atoms with Gasteiger partial charge in [0.2, 0.25) is 0 Å². The molecule has 2 fully saturated rings. The van der Waals surface area contributed by atoms with Crippen LogP contribution in [0.15, 0.2) is 18.2 Å². The van der Waals surface area contributed by atoms with Gasteiger partial charge in [-0.3, -0.25) is 5.32 Å². The molecule has 1 aliphatic heterocycles. The molecule has 26 heavy (non-hydrogen) atoms. The van der Waals surface area contributed by atoms with Crippen LogP contribution in [0, 0.1) is 5.92 Å². The van der Waals surface area contributed by atoms with Gasteiger partial charge in [-0.05, 0) is 89.2 Å². The maximum atomic E-state index is 12.2. The number of ether oxygens (including phenoxy) is 1. The summed E-state index contributed by atoms with van der Waals surface area (Å²) in [5, 5.41) is 2.95. The first-order valence-electron chi connectivity index (χ1n) is 10.1. The molecular formula is C22H32N2O2. The molecule has 0 unspecified atom stereocenters. The Kier molecular flexibility index (Phi) is 4.30. The van der Waals surface area contributed by atoms with Gasteiger partial charge in [0.25, 0.3) is 0 Å². The van der Waals surface area contributed by atoms with Gasteiger partial charge in [-0.2, -0.15) is 0 Å². The van der Waals surface area contributed by atoms with E-state index in [1.165, 1.54) is 49.8 Å². The number of amides is 1. The first kappa shape index (κ1) is 17.8. The van der Waals surface area contributed by atoms with Crippen molar-refractivity contribution in [2.24, 2.45) is 5.92 Å². The van der Waals surface area contributed by atoms with Crippen molar-refractivity contribution in [3.63, 3.8) is 0 Å². The van der Waals surface area contributed by atoms with Crippen LogP contribution in [-0.2, 0) is 16.6 Å². The minimum atomic E-state index is -0.480. The number of nitrogens with one attached hydrogen (secondary N) is 1. The smallest absolute Gasteiger partial charge is 0.412 e. The highest BCUT2D eigenvalue weighted by molar-refractivity contribution is 5.85. The third-order valence-electron chi connectivity index (χ3n) is 6.76. The molecule has 1 saturated carbocycles. The van der Waals surface area contributed by atoms with Gasteiger partial charge < -0.3 is 9.64 Å². The SMILES string of the molecule is CN1CC[C@]23CCCC[C@H]2[C@H]1Cc1ccc(NC(=O)OC(C)(C)C)cc13. The predicted molar refractivity (Wildman–Crippen MR) is 105 cm³/mol. The fourth-order valence-electron chi connectivity index (χ4n) is 5.70. The first-order valence-corrected chi connectivity index (χ1v) is 10.1. The molecule has 142 valence electrons. The lowest BCUT2D eigenvalue weighted by atomic mass is 9.52. The number of benzene rings is 1. The minimum absolute atomic E-state index is 0.314. The number of carbonyl (C=O) groups excluding carboxylic acids is 1. The number of nitrogens with zero attached hydrogens (tertiary/aromatic N) is 1. The average Bonchev–Trinajstić information content (AvgIpc) is 2.57. The molecule has 1 heterocycles. The Balaban J connectivity index is 1.66. The minimum Gasteiger partial charge on any atom is -0.444 e. The fraction of sp³-hybridized carbons (Fsp3) is 0.682. The molecule has 1 saturated heterocycles. The lowest BCUT2D eigenvalue weighted by Crippen LogP contribution is -2.59. The van der Waals surface area contributed by atoms with E-state index in [-0.39, 0.29) is 6.09 Å². The van der Waals surface area contributed by atoms with E-state index in [9.17, 15) is 4.79 Å². The van der Waals surface area contributed by atoms with Crippen molar-refractivity contribution in [3.8, 4) is 0 Å². The van der Waals surface area contributed by atoms with Crippen LogP contribution in [0.4, 0.5) is 10.5 Å². The van der Waals surface area contributed by atoms with Crippen molar-refractivity contribution >= 4 is 11.8 Å². The van der Waals surface area contributed by atoms with Crippen LogP contribution in [0.3, 0.4) is 0 Å². The summed E-state index contributed by atoms with van der Waals surface area (Å²) in [5.41, 5.74) is 3.69. The highest BCUT2D eigenvalue weighted by Gasteiger charge is 2.53. The molecule has 4 nitrogen and oxygen atoms in total. The molecule has 4 rings (SSSR count). The third kappa shape index (κ3) is 3.02. The largest absolute Gasteiger partial charge is 0.444 e. The summed E-state index contributed by atoms with van der Waals surface area (Å²) in [5.74, 6) is 0.763. The molecule has 1 N–H and O–H groups in total. The number of likely N-dealkylation sites (tertiary alicyclic amines) is 1. The molecule has 1 aromatic rings. The third-order valence-corrected chi connectivity index (χ3v) is 6.76. The van der Waals surface area contributed by atoms with Gasteiger partial charge in [0.1, 0.15) is 5.60 Å². The summed E-state index contributed by atoms with van der Waals surface area (Å²) >= 11 is 0. The van der Waals surface area contributed by atoms with E-state index in [4.69, 9.17) is 4.74 Å². The highest BCUT2D eigenvalue weighted by Crippen LogP contribution is 2.55. The van der Waals surface area contributed by atoms with Crippen molar-refractivity contribution in [2.45, 2.75) is 76.4 Å². The number of carbonyl (C=O) groups is 1. The van der Waals surface area contributed by atoms with Crippen LogP contribution in [0.5, 0.6) is 0 Å². The van der Waals surface area contributed by atoms with Crippen molar-refractivity contribution in [3.05, 3.63) is 29.3 Å². The van der Waals surface area contributed by atoms with Crippen LogP contribution < -0.4 is 5.32 Å². The Morgan fingerprint density at radius 3 is 2.85 bits per heavy atom. The molecule has 2 aliphatic carbocycles. The normalized spacial score (nSPS) is 30.9. The molecule has 1 amide bonds. The Morgan fingerprint density at radius 1 is 1.27 bits per heavy atom. The van der Waals surface area contributed by atoms with E-state index in [2.05, 4.69) is 29.4 Å². The standard InChI is InChI=1S/C22H32N2O2/c1-21(2,3)26-20(25)23-16-9-8-15-13-19-17-7-5-6-10-22(17,18(15)14-16)11-12-24(19)4/h8-9,14,17,19H,5-7,10-13H2,1-4H3,(H,23,25)/t17-,19+,22+/m0/s1. The number of likely N-dealkylation sites (N-methyl/N-ethyl adjacent to an activating group) is 1. The molecular weight excluding hydrogens is 324 g/mol. The summed E-state index contributed by atoms with van der Waals surface area (Å²) in [6.45, 7) is 6.86. The molecule has 2 bridgehead atoms. The lowest BCUT2D eigenvalue weighted by Gasteiger charge is -2.58. The number of fused-ring (bicyclic) bond motifs is 1. The summed E-state index contributed by atoms with van der Waals surface area (Å²) in [4.78, 5) is 14.8. The van der Waals surface area contributed by atoms with E-state index < -0.39 is 5.60 Å². The molecule has 3 aliphatic rings. The number of hydrogen-bond acceptors (Lipinski definition) is 3. The molecule has 3 atom stereocenters. The van der Waals surface area contributed by atoms with Crippen LogP contribution >= 0.6 is 0 Å². The Bertz CT molecular complexity index is 709. The number of anilines is 1. The maximum Gasteiger partial charge on any atom is 0.412 e. The highest BCUT2D eigenvalue weighted by atomic mass is 16.6. The van der Waals surface area contributed by atoms with Crippen molar-refractivity contribution in [1.29, 1.82) is 0 Å². The first-order chi connectivity index (χ1) is 12.3. The summed E-state index contributed by atoms with van der Waals surface area (Å²) in [6, 6.07) is 7.21. The Hall–Kier alpha value is -1.55. The van der Waals surface area contributed by atoms with Gasteiger partial charge in [-0.15, -0.1) is 0 Å². The van der Waals surface area contributed by atoms with E-state index in [1.807, 2.05) is 26.8 Å². The zero-order chi connectivity index (χ0) is 18.5. The van der Waals surface area contributed by atoms with Crippen molar-refractivity contribution < 1.29 is 9.53 Å². The summed E-state index contributed by atoms with van der Waals surface area (Å²) in [6.07, 6.45) is 7.35.